The lowest BCUT2D eigenvalue weighted by atomic mass is 10.1. The van der Waals surface area contributed by atoms with E-state index < -0.39 is 5.82 Å². The minimum absolute atomic E-state index is 0.0461. The van der Waals surface area contributed by atoms with Crippen molar-refractivity contribution in [3.8, 4) is 11.5 Å². The van der Waals surface area contributed by atoms with E-state index in [-0.39, 0.29) is 23.2 Å². The molecule has 0 saturated heterocycles. The predicted octanol–water partition coefficient (Wildman–Crippen LogP) is 4.06. The van der Waals surface area contributed by atoms with Gasteiger partial charge in [-0.3, -0.25) is 0 Å². The maximum Gasteiger partial charge on any atom is 0.146 e. The summed E-state index contributed by atoms with van der Waals surface area (Å²) in [6.45, 7) is 1.79. The van der Waals surface area contributed by atoms with Crippen LogP contribution < -0.4 is 5.32 Å². The zero-order valence-electron chi connectivity index (χ0n) is 10.2. The lowest BCUT2D eigenvalue weighted by Gasteiger charge is -2.17. The average molecular weight is 282 g/mol. The molecule has 1 atom stereocenters. The molecule has 0 heterocycles. The van der Waals surface area contributed by atoms with Gasteiger partial charge in [0.1, 0.15) is 17.3 Å². The van der Waals surface area contributed by atoms with E-state index in [0.29, 0.717) is 10.6 Å². The molecule has 3 nitrogen and oxygen atoms in total. The highest BCUT2D eigenvalue weighted by atomic mass is 35.5. The van der Waals surface area contributed by atoms with Gasteiger partial charge in [-0.1, -0.05) is 11.6 Å². The molecule has 0 aliphatic rings. The van der Waals surface area contributed by atoms with Crippen LogP contribution in [0.2, 0.25) is 5.02 Å². The fraction of sp³-hybridized carbons (Fsp3) is 0.143. The standard InChI is InChI=1S/C14H13ClFNO2/c1-8(9-4-11(18)7-12(19)5-9)17-14-6-10(15)2-3-13(14)16/h2-8,17-19H,1H3. The first kappa shape index (κ1) is 13.5. The Morgan fingerprint density at radius 1 is 1.11 bits per heavy atom. The van der Waals surface area contributed by atoms with Gasteiger partial charge in [-0.2, -0.15) is 0 Å². The summed E-state index contributed by atoms with van der Waals surface area (Å²) in [5.74, 6) is -0.508. The summed E-state index contributed by atoms with van der Waals surface area (Å²) in [4.78, 5) is 0. The van der Waals surface area contributed by atoms with Crippen LogP contribution in [0.25, 0.3) is 0 Å². The number of halogens is 2. The molecule has 1 unspecified atom stereocenters. The molecule has 0 spiro atoms. The van der Waals surface area contributed by atoms with Crippen molar-refractivity contribution < 1.29 is 14.6 Å². The summed E-state index contributed by atoms with van der Waals surface area (Å²) in [7, 11) is 0. The van der Waals surface area contributed by atoms with Gasteiger partial charge >= 0.3 is 0 Å². The molecule has 0 amide bonds. The highest BCUT2D eigenvalue weighted by molar-refractivity contribution is 6.30. The van der Waals surface area contributed by atoms with E-state index in [1.807, 2.05) is 0 Å². The van der Waals surface area contributed by atoms with E-state index >= 15 is 0 Å². The summed E-state index contributed by atoms with van der Waals surface area (Å²) < 4.78 is 13.6. The van der Waals surface area contributed by atoms with E-state index in [1.165, 1.54) is 36.4 Å². The van der Waals surface area contributed by atoms with Crippen LogP contribution in [0.15, 0.2) is 36.4 Å². The Morgan fingerprint density at radius 2 is 1.74 bits per heavy atom. The van der Waals surface area contributed by atoms with Gasteiger partial charge in [-0.05, 0) is 42.8 Å². The van der Waals surface area contributed by atoms with E-state index in [2.05, 4.69) is 5.32 Å². The van der Waals surface area contributed by atoms with E-state index in [0.717, 1.165) is 0 Å². The van der Waals surface area contributed by atoms with Gasteiger partial charge in [0.25, 0.3) is 0 Å². The Labute approximate surface area is 115 Å². The first-order valence-electron chi connectivity index (χ1n) is 5.70. The van der Waals surface area contributed by atoms with E-state index in [9.17, 15) is 14.6 Å². The van der Waals surface area contributed by atoms with Crippen LogP contribution in [0.4, 0.5) is 10.1 Å². The number of hydrogen-bond acceptors (Lipinski definition) is 3. The first-order valence-corrected chi connectivity index (χ1v) is 6.08. The molecular formula is C14H13ClFNO2. The molecule has 0 saturated carbocycles. The van der Waals surface area contributed by atoms with Crippen LogP contribution in [0.3, 0.4) is 0 Å². The molecule has 0 fully saturated rings. The van der Waals surface area contributed by atoms with Crippen molar-refractivity contribution in [3.63, 3.8) is 0 Å². The molecule has 5 heteroatoms. The molecule has 100 valence electrons. The SMILES string of the molecule is CC(Nc1cc(Cl)ccc1F)c1cc(O)cc(O)c1. The third kappa shape index (κ3) is 3.29. The van der Waals surface area contributed by atoms with Crippen molar-refractivity contribution in [2.45, 2.75) is 13.0 Å². The number of nitrogens with one attached hydrogen (secondary N) is 1. The first-order chi connectivity index (χ1) is 8.95. The average Bonchev–Trinajstić information content (AvgIpc) is 2.32. The number of phenols is 2. The second kappa shape index (κ2) is 5.36. The van der Waals surface area contributed by atoms with Crippen molar-refractivity contribution in [2.75, 3.05) is 5.32 Å². The second-order valence-electron chi connectivity index (χ2n) is 4.27. The Morgan fingerprint density at radius 3 is 2.37 bits per heavy atom. The molecule has 19 heavy (non-hydrogen) atoms. The lowest BCUT2D eigenvalue weighted by Crippen LogP contribution is -2.07. The molecular weight excluding hydrogens is 269 g/mol. The zero-order chi connectivity index (χ0) is 14.0. The summed E-state index contributed by atoms with van der Waals surface area (Å²) >= 11 is 5.81. The van der Waals surface area contributed by atoms with Crippen LogP contribution >= 0.6 is 11.6 Å². The van der Waals surface area contributed by atoms with Crippen LogP contribution in [0.1, 0.15) is 18.5 Å². The van der Waals surface area contributed by atoms with Crippen LogP contribution in [0.5, 0.6) is 11.5 Å². The van der Waals surface area contributed by atoms with Crippen molar-refractivity contribution in [2.24, 2.45) is 0 Å². The Balaban J connectivity index is 2.25. The fourth-order valence-electron chi connectivity index (χ4n) is 1.79. The highest BCUT2D eigenvalue weighted by Gasteiger charge is 2.11. The summed E-state index contributed by atoms with van der Waals surface area (Å²) in [6.07, 6.45) is 0. The van der Waals surface area contributed by atoms with Gasteiger partial charge in [-0.25, -0.2) is 4.39 Å². The highest BCUT2D eigenvalue weighted by Crippen LogP contribution is 2.28. The molecule has 0 aliphatic heterocycles. The molecule has 0 bridgehead atoms. The third-order valence-corrected chi connectivity index (χ3v) is 2.96. The predicted molar refractivity (Wildman–Crippen MR) is 73.2 cm³/mol. The quantitative estimate of drug-likeness (QED) is 0.795. The maximum atomic E-state index is 13.6. The fourth-order valence-corrected chi connectivity index (χ4v) is 1.96. The second-order valence-corrected chi connectivity index (χ2v) is 4.71. The molecule has 0 aromatic heterocycles. The Bertz CT molecular complexity index is 584. The lowest BCUT2D eigenvalue weighted by molar-refractivity contribution is 0.448. The van der Waals surface area contributed by atoms with E-state index in [4.69, 9.17) is 11.6 Å². The summed E-state index contributed by atoms with van der Waals surface area (Å²) in [5, 5.41) is 22.2. The third-order valence-electron chi connectivity index (χ3n) is 2.73. The van der Waals surface area contributed by atoms with Crippen LogP contribution in [-0.2, 0) is 0 Å². The van der Waals surface area contributed by atoms with Crippen molar-refractivity contribution in [1.82, 2.24) is 0 Å². The van der Waals surface area contributed by atoms with Crippen LogP contribution in [-0.4, -0.2) is 10.2 Å². The monoisotopic (exact) mass is 281 g/mol. The van der Waals surface area contributed by atoms with Crippen molar-refractivity contribution in [3.05, 3.63) is 52.8 Å². The zero-order valence-corrected chi connectivity index (χ0v) is 10.9. The minimum Gasteiger partial charge on any atom is -0.508 e. The topological polar surface area (TPSA) is 52.5 Å². The number of benzene rings is 2. The Kier molecular flexibility index (Phi) is 3.81. The molecule has 0 radical (unpaired) electrons. The number of anilines is 1. The smallest absolute Gasteiger partial charge is 0.146 e. The number of aromatic hydroxyl groups is 2. The van der Waals surface area contributed by atoms with Gasteiger partial charge < -0.3 is 15.5 Å². The normalized spacial score (nSPS) is 12.2. The summed E-state index contributed by atoms with van der Waals surface area (Å²) in [5.41, 5.74) is 0.903. The molecule has 2 aromatic rings. The van der Waals surface area contributed by atoms with Gasteiger partial charge in [0.2, 0.25) is 0 Å². The van der Waals surface area contributed by atoms with Crippen molar-refractivity contribution >= 4 is 17.3 Å². The minimum atomic E-state index is -0.416. The number of rotatable bonds is 3. The maximum absolute atomic E-state index is 13.6. The van der Waals surface area contributed by atoms with Gasteiger partial charge in [0, 0.05) is 17.1 Å². The molecule has 3 N–H and O–H groups in total. The summed E-state index contributed by atoms with van der Waals surface area (Å²) in [6, 6.07) is 8.15. The Hall–Kier alpha value is -1.94. The number of phenolic OH excluding ortho intramolecular Hbond substituents is 2. The molecule has 0 aliphatic carbocycles. The largest absolute Gasteiger partial charge is 0.508 e. The molecule has 2 aromatic carbocycles. The van der Waals surface area contributed by atoms with E-state index in [1.54, 1.807) is 6.92 Å². The number of hydrogen-bond donors (Lipinski definition) is 3. The van der Waals surface area contributed by atoms with Gasteiger partial charge in [0.15, 0.2) is 0 Å². The molecule has 2 rings (SSSR count). The van der Waals surface area contributed by atoms with Crippen LogP contribution in [0, 0.1) is 5.82 Å². The van der Waals surface area contributed by atoms with Gasteiger partial charge in [-0.15, -0.1) is 0 Å². The van der Waals surface area contributed by atoms with Crippen molar-refractivity contribution in [1.29, 1.82) is 0 Å². The van der Waals surface area contributed by atoms with Gasteiger partial charge in [0.05, 0.1) is 5.69 Å².